The maximum Gasteiger partial charge on any atom is 0.209 e. The molecule has 0 unspecified atom stereocenters. The first-order valence-electron chi connectivity index (χ1n) is 11.1. The van der Waals surface area contributed by atoms with Crippen LogP contribution in [-0.2, 0) is 10.0 Å². The molecule has 0 aliphatic rings. The highest BCUT2D eigenvalue weighted by molar-refractivity contribution is 7.88. The smallest absolute Gasteiger partial charge is 0.209 e. The van der Waals surface area contributed by atoms with Crippen LogP contribution < -0.4 is 14.4 Å². The molecule has 36 heavy (non-hydrogen) atoms. The molecular formula is C27H26N4O4S. The van der Waals surface area contributed by atoms with Crippen molar-refractivity contribution in [3.63, 3.8) is 0 Å². The number of benzene rings is 3. The van der Waals surface area contributed by atoms with E-state index in [4.69, 9.17) is 4.74 Å². The van der Waals surface area contributed by atoms with E-state index in [2.05, 4.69) is 26.5 Å². The number of nitrogens with zero attached hydrogens (tertiary/aromatic N) is 3. The predicted octanol–water partition coefficient (Wildman–Crippen LogP) is 4.49. The van der Waals surface area contributed by atoms with Crippen molar-refractivity contribution in [1.29, 1.82) is 0 Å². The zero-order chi connectivity index (χ0) is 25.9. The van der Waals surface area contributed by atoms with Crippen LogP contribution in [0.15, 0.2) is 73.1 Å². The van der Waals surface area contributed by atoms with E-state index in [1.54, 1.807) is 39.2 Å². The summed E-state index contributed by atoms with van der Waals surface area (Å²) in [7, 11) is -1.88. The lowest BCUT2D eigenvalue weighted by molar-refractivity contribution is 0.409. The standard InChI is InChI=1S/C27H26N4O4S/c1-27(2,30-36(4,33)34)15-14-19-10-12-23-22(16-19)26(29-18-28-23)31(20-8-6-5-7-9-20)24-13-11-21(32)17-25(24)35-3/h5-13,16-18,30,32H,1-4H3. The normalized spacial score (nSPS) is 11.6. The summed E-state index contributed by atoms with van der Waals surface area (Å²) in [6.45, 7) is 3.40. The fourth-order valence-corrected chi connectivity index (χ4v) is 4.80. The number of para-hydroxylation sites is 1. The van der Waals surface area contributed by atoms with Gasteiger partial charge in [0.15, 0.2) is 0 Å². The zero-order valence-electron chi connectivity index (χ0n) is 20.4. The molecule has 0 saturated heterocycles. The second kappa shape index (κ2) is 9.85. The van der Waals surface area contributed by atoms with E-state index in [0.29, 0.717) is 28.3 Å². The summed E-state index contributed by atoms with van der Waals surface area (Å²) < 4.78 is 31.4. The van der Waals surface area contributed by atoms with E-state index in [1.807, 2.05) is 53.4 Å². The quantitative estimate of drug-likeness (QED) is 0.374. The number of sulfonamides is 1. The molecular weight excluding hydrogens is 476 g/mol. The molecule has 8 nitrogen and oxygen atoms in total. The summed E-state index contributed by atoms with van der Waals surface area (Å²) >= 11 is 0. The number of ether oxygens (including phenoxy) is 1. The van der Waals surface area contributed by atoms with Crippen LogP contribution in [0.3, 0.4) is 0 Å². The van der Waals surface area contributed by atoms with Crippen molar-refractivity contribution in [2.75, 3.05) is 18.3 Å². The molecule has 0 fully saturated rings. The minimum absolute atomic E-state index is 0.0824. The Morgan fingerprint density at radius 2 is 1.78 bits per heavy atom. The lowest BCUT2D eigenvalue weighted by atomic mass is 10.1. The average molecular weight is 503 g/mol. The number of aromatic nitrogens is 2. The number of fused-ring (bicyclic) bond motifs is 1. The minimum atomic E-state index is -3.42. The third-order valence-electron chi connectivity index (χ3n) is 5.20. The van der Waals surface area contributed by atoms with Gasteiger partial charge in [0.25, 0.3) is 0 Å². The van der Waals surface area contributed by atoms with Gasteiger partial charge in [0, 0.05) is 22.7 Å². The van der Waals surface area contributed by atoms with Crippen molar-refractivity contribution in [2.45, 2.75) is 19.4 Å². The summed E-state index contributed by atoms with van der Waals surface area (Å²) in [4.78, 5) is 11.0. The Kier molecular flexibility index (Phi) is 6.84. The lowest BCUT2D eigenvalue weighted by Gasteiger charge is -2.26. The Balaban J connectivity index is 1.90. The van der Waals surface area contributed by atoms with E-state index >= 15 is 0 Å². The van der Waals surface area contributed by atoms with Crippen LogP contribution in [0, 0.1) is 11.8 Å². The van der Waals surface area contributed by atoms with Gasteiger partial charge in [0.1, 0.15) is 23.6 Å². The molecule has 1 aromatic heterocycles. The predicted molar refractivity (Wildman–Crippen MR) is 141 cm³/mol. The van der Waals surface area contributed by atoms with Gasteiger partial charge in [-0.25, -0.2) is 18.4 Å². The maximum absolute atomic E-state index is 11.7. The van der Waals surface area contributed by atoms with Crippen molar-refractivity contribution >= 4 is 38.1 Å². The second-order valence-corrected chi connectivity index (χ2v) is 10.5. The number of rotatable bonds is 6. The highest BCUT2D eigenvalue weighted by Gasteiger charge is 2.21. The van der Waals surface area contributed by atoms with Crippen LogP contribution >= 0.6 is 0 Å². The van der Waals surface area contributed by atoms with Gasteiger partial charge in [-0.15, -0.1) is 0 Å². The van der Waals surface area contributed by atoms with Crippen LogP contribution in [0.5, 0.6) is 11.5 Å². The van der Waals surface area contributed by atoms with Crippen LogP contribution in [0.2, 0.25) is 0 Å². The topological polar surface area (TPSA) is 105 Å². The number of hydrogen-bond donors (Lipinski definition) is 2. The van der Waals surface area contributed by atoms with Crippen molar-refractivity contribution in [2.24, 2.45) is 0 Å². The number of anilines is 3. The molecule has 2 N–H and O–H groups in total. The van der Waals surface area contributed by atoms with Gasteiger partial charge in [0.2, 0.25) is 10.0 Å². The first kappa shape index (κ1) is 25.0. The SMILES string of the molecule is COc1cc(O)ccc1N(c1ccccc1)c1ncnc2ccc(C#CC(C)(C)NS(C)(=O)=O)cc12. The van der Waals surface area contributed by atoms with Gasteiger partial charge in [-0.2, -0.15) is 4.72 Å². The Labute approximate surface area is 210 Å². The Morgan fingerprint density at radius 3 is 2.47 bits per heavy atom. The fourth-order valence-electron chi connectivity index (χ4n) is 3.82. The summed E-state index contributed by atoms with van der Waals surface area (Å²) in [6.07, 6.45) is 2.59. The second-order valence-electron chi connectivity index (χ2n) is 8.71. The number of phenolic OH excluding ortho intramolecular Hbond substituents is 1. The molecule has 184 valence electrons. The summed E-state index contributed by atoms with van der Waals surface area (Å²) in [5.41, 5.74) is 1.94. The molecule has 0 aliphatic carbocycles. The third kappa shape index (κ3) is 5.74. The number of aromatic hydroxyl groups is 1. The number of hydrogen-bond acceptors (Lipinski definition) is 7. The first-order chi connectivity index (χ1) is 17.1. The molecule has 4 rings (SSSR count). The van der Waals surface area contributed by atoms with Gasteiger partial charge in [-0.3, -0.25) is 4.90 Å². The van der Waals surface area contributed by atoms with Crippen molar-refractivity contribution < 1.29 is 18.3 Å². The van der Waals surface area contributed by atoms with Crippen LogP contribution in [-0.4, -0.2) is 42.4 Å². The minimum Gasteiger partial charge on any atom is -0.508 e. The van der Waals surface area contributed by atoms with Crippen LogP contribution in [0.4, 0.5) is 17.2 Å². The highest BCUT2D eigenvalue weighted by atomic mass is 32.2. The van der Waals surface area contributed by atoms with Crippen LogP contribution in [0.25, 0.3) is 10.9 Å². The first-order valence-corrected chi connectivity index (χ1v) is 12.9. The number of methoxy groups -OCH3 is 1. The van der Waals surface area contributed by atoms with Gasteiger partial charge < -0.3 is 9.84 Å². The highest BCUT2D eigenvalue weighted by Crippen LogP contribution is 2.42. The van der Waals surface area contributed by atoms with E-state index in [-0.39, 0.29) is 5.75 Å². The van der Waals surface area contributed by atoms with E-state index in [1.165, 1.54) is 6.33 Å². The molecule has 1 heterocycles. The van der Waals surface area contributed by atoms with Gasteiger partial charge in [-0.1, -0.05) is 30.0 Å². The summed E-state index contributed by atoms with van der Waals surface area (Å²) in [5.74, 6) is 7.20. The van der Waals surface area contributed by atoms with Gasteiger partial charge in [0.05, 0.1) is 30.1 Å². The van der Waals surface area contributed by atoms with E-state index < -0.39 is 15.6 Å². The largest absolute Gasteiger partial charge is 0.508 e. The zero-order valence-corrected chi connectivity index (χ0v) is 21.2. The fraction of sp³-hybridized carbons (Fsp3) is 0.185. The molecule has 0 radical (unpaired) electrons. The number of nitrogens with one attached hydrogen (secondary N) is 1. The Bertz CT molecular complexity index is 1580. The van der Waals surface area contributed by atoms with Crippen molar-refractivity contribution in [3.8, 4) is 23.3 Å². The Hall–Kier alpha value is -4.13. The van der Waals surface area contributed by atoms with Gasteiger partial charge in [-0.05, 0) is 56.3 Å². The molecule has 0 spiro atoms. The van der Waals surface area contributed by atoms with Gasteiger partial charge >= 0.3 is 0 Å². The molecule has 4 aromatic rings. The lowest BCUT2D eigenvalue weighted by Crippen LogP contribution is -2.41. The van der Waals surface area contributed by atoms with Crippen molar-refractivity contribution in [1.82, 2.24) is 14.7 Å². The molecule has 0 bridgehead atoms. The van der Waals surface area contributed by atoms with Crippen LogP contribution in [0.1, 0.15) is 19.4 Å². The maximum atomic E-state index is 11.7. The molecule has 3 aromatic carbocycles. The van der Waals surface area contributed by atoms with Crippen molar-refractivity contribution in [3.05, 3.63) is 78.6 Å². The Morgan fingerprint density at radius 1 is 1.03 bits per heavy atom. The molecule has 0 amide bonds. The average Bonchev–Trinajstić information content (AvgIpc) is 2.83. The molecule has 9 heteroatoms. The molecule has 0 saturated carbocycles. The monoisotopic (exact) mass is 502 g/mol. The summed E-state index contributed by atoms with van der Waals surface area (Å²) in [5, 5.41) is 10.7. The number of phenols is 1. The van der Waals surface area contributed by atoms with E-state index in [9.17, 15) is 13.5 Å². The third-order valence-corrected chi connectivity index (χ3v) is 6.09. The van der Waals surface area contributed by atoms with E-state index in [0.717, 1.165) is 17.3 Å². The molecule has 0 aliphatic heterocycles. The molecule has 0 atom stereocenters. The summed E-state index contributed by atoms with van der Waals surface area (Å²) in [6, 6.07) is 20.1.